The Hall–Kier alpha value is -3.56. The van der Waals surface area contributed by atoms with E-state index in [0.29, 0.717) is 0 Å². The number of thiophene rings is 1. The first-order valence-electron chi connectivity index (χ1n) is 10.4. The molecule has 0 bridgehead atoms. The van der Waals surface area contributed by atoms with Gasteiger partial charge in [0.2, 0.25) is 0 Å². The number of fused-ring (bicyclic) bond motifs is 9. The molecule has 31 heavy (non-hydrogen) atoms. The van der Waals surface area contributed by atoms with Crippen LogP contribution in [0.3, 0.4) is 0 Å². The average molecular weight is 419 g/mol. The maximum absolute atomic E-state index is 6.21. The second-order valence-electron chi connectivity index (χ2n) is 8.33. The molecule has 0 aliphatic rings. The van der Waals surface area contributed by atoms with Crippen LogP contribution in [0.4, 0.5) is 0 Å². The predicted octanol–water partition coefficient (Wildman–Crippen LogP) is 8.98. The van der Waals surface area contributed by atoms with Gasteiger partial charge in [-0.3, -0.25) is 0 Å². The Morgan fingerprint density at radius 1 is 0.548 bits per heavy atom. The standard InChI is InChI=1S/C28H18O2S/c1-15-11-28(31-14-15)27-13-24-22-6-4-17-18(20(22)8-10-26(24)30-27)3-5-21-19(17)7-9-25-23(21)12-16(2)29-25/h3-14H,1-2H3. The summed E-state index contributed by atoms with van der Waals surface area (Å²) in [7, 11) is 0. The van der Waals surface area contributed by atoms with Crippen molar-refractivity contribution in [2.75, 3.05) is 0 Å². The number of furan rings is 2. The van der Waals surface area contributed by atoms with E-state index >= 15 is 0 Å². The molecule has 0 saturated heterocycles. The van der Waals surface area contributed by atoms with Crippen LogP contribution >= 0.6 is 11.3 Å². The van der Waals surface area contributed by atoms with Gasteiger partial charge in [-0.05, 0) is 87.4 Å². The molecule has 0 amide bonds. The Kier molecular flexibility index (Phi) is 3.32. The smallest absolute Gasteiger partial charge is 0.145 e. The van der Waals surface area contributed by atoms with Gasteiger partial charge in [-0.25, -0.2) is 0 Å². The van der Waals surface area contributed by atoms with Crippen LogP contribution in [0, 0.1) is 13.8 Å². The summed E-state index contributed by atoms with van der Waals surface area (Å²) in [6.07, 6.45) is 0. The van der Waals surface area contributed by atoms with Crippen molar-refractivity contribution in [3.05, 3.63) is 83.4 Å². The molecular formula is C28H18O2S. The summed E-state index contributed by atoms with van der Waals surface area (Å²) in [5.74, 6) is 1.89. The molecule has 0 saturated carbocycles. The highest BCUT2D eigenvalue weighted by Crippen LogP contribution is 2.40. The normalized spacial score (nSPS) is 12.2. The van der Waals surface area contributed by atoms with E-state index in [1.807, 2.05) is 6.92 Å². The second-order valence-corrected chi connectivity index (χ2v) is 9.24. The lowest BCUT2D eigenvalue weighted by molar-refractivity contribution is 0.579. The van der Waals surface area contributed by atoms with Crippen molar-refractivity contribution >= 4 is 65.6 Å². The van der Waals surface area contributed by atoms with Gasteiger partial charge in [-0.1, -0.05) is 36.4 Å². The molecule has 0 unspecified atom stereocenters. The Balaban J connectivity index is 1.54. The number of aryl methyl sites for hydroxylation is 2. The van der Waals surface area contributed by atoms with Gasteiger partial charge in [0.25, 0.3) is 0 Å². The first-order valence-corrected chi connectivity index (χ1v) is 11.3. The van der Waals surface area contributed by atoms with Crippen LogP contribution in [0.2, 0.25) is 0 Å². The van der Waals surface area contributed by atoms with Crippen LogP contribution in [0.15, 0.2) is 80.9 Å². The summed E-state index contributed by atoms with van der Waals surface area (Å²) in [4.78, 5) is 1.17. The predicted molar refractivity (Wildman–Crippen MR) is 131 cm³/mol. The lowest BCUT2D eigenvalue weighted by atomic mass is 9.95. The summed E-state index contributed by atoms with van der Waals surface area (Å²) in [6.45, 7) is 4.12. The third-order valence-electron chi connectivity index (χ3n) is 6.29. The number of hydrogen-bond acceptors (Lipinski definition) is 3. The molecule has 0 fully saturated rings. The summed E-state index contributed by atoms with van der Waals surface area (Å²) in [6, 6.07) is 24.0. The highest BCUT2D eigenvalue weighted by molar-refractivity contribution is 7.13. The van der Waals surface area contributed by atoms with Crippen molar-refractivity contribution in [3.8, 4) is 10.6 Å². The van der Waals surface area contributed by atoms with Crippen molar-refractivity contribution in [2.24, 2.45) is 0 Å². The molecule has 3 aromatic heterocycles. The van der Waals surface area contributed by atoms with Crippen molar-refractivity contribution in [3.63, 3.8) is 0 Å². The Labute approximate surface area is 182 Å². The summed E-state index contributed by atoms with van der Waals surface area (Å²) in [5, 5.41) is 12.0. The highest BCUT2D eigenvalue weighted by atomic mass is 32.1. The zero-order chi connectivity index (χ0) is 20.7. The van der Waals surface area contributed by atoms with Gasteiger partial charge < -0.3 is 8.83 Å². The maximum Gasteiger partial charge on any atom is 0.145 e. The summed E-state index contributed by atoms with van der Waals surface area (Å²) in [5.41, 5.74) is 3.15. The van der Waals surface area contributed by atoms with Crippen LogP contribution in [0.5, 0.6) is 0 Å². The maximum atomic E-state index is 6.21. The van der Waals surface area contributed by atoms with Gasteiger partial charge in [0, 0.05) is 10.8 Å². The molecular weight excluding hydrogens is 400 g/mol. The summed E-state index contributed by atoms with van der Waals surface area (Å²) >= 11 is 1.73. The molecule has 3 heterocycles. The van der Waals surface area contributed by atoms with E-state index < -0.39 is 0 Å². The minimum atomic E-state index is 0.935. The fraction of sp³-hybridized carbons (Fsp3) is 0.0714. The number of benzene rings is 4. The van der Waals surface area contributed by atoms with E-state index in [1.165, 1.54) is 53.5 Å². The van der Waals surface area contributed by atoms with E-state index in [2.05, 4.69) is 79.0 Å². The van der Waals surface area contributed by atoms with Crippen LogP contribution in [-0.4, -0.2) is 0 Å². The molecule has 7 aromatic rings. The highest BCUT2D eigenvalue weighted by Gasteiger charge is 2.14. The fourth-order valence-electron chi connectivity index (χ4n) is 4.89. The zero-order valence-electron chi connectivity index (χ0n) is 17.2. The fourth-order valence-corrected chi connectivity index (χ4v) is 5.74. The van der Waals surface area contributed by atoms with Crippen molar-refractivity contribution < 1.29 is 8.83 Å². The molecule has 148 valence electrons. The minimum Gasteiger partial charge on any atom is -0.461 e. The molecule has 0 N–H and O–H groups in total. The van der Waals surface area contributed by atoms with Crippen LogP contribution < -0.4 is 0 Å². The van der Waals surface area contributed by atoms with Gasteiger partial charge >= 0.3 is 0 Å². The van der Waals surface area contributed by atoms with E-state index in [-0.39, 0.29) is 0 Å². The van der Waals surface area contributed by atoms with Crippen molar-refractivity contribution in [1.82, 2.24) is 0 Å². The quantitative estimate of drug-likeness (QED) is 0.249. The largest absolute Gasteiger partial charge is 0.461 e. The van der Waals surface area contributed by atoms with Gasteiger partial charge in [0.15, 0.2) is 0 Å². The van der Waals surface area contributed by atoms with E-state index in [4.69, 9.17) is 8.83 Å². The number of rotatable bonds is 1. The average Bonchev–Trinajstić information content (AvgIpc) is 3.49. The van der Waals surface area contributed by atoms with Gasteiger partial charge in [-0.15, -0.1) is 11.3 Å². The summed E-state index contributed by atoms with van der Waals surface area (Å²) < 4.78 is 12.0. The van der Waals surface area contributed by atoms with E-state index in [0.717, 1.165) is 22.7 Å². The van der Waals surface area contributed by atoms with Crippen molar-refractivity contribution in [2.45, 2.75) is 13.8 Å². The monoisotopic (exact) mass is 418 g/mol. The lowest BCUT2D eigenvalue weighted by Gasteiger charge is -2.08. The molecule has 0 aliphatic carbocycles. The molecule has 4 aromatic carbocycles. The molecule has 0 radical (unpaired) electrons. The first kappa shape index (κ1) is 17.2. The first-order chi connectivity index (χ1) is 15.2. The third-order valence-corrected chi connectivity index (χ3v) is 7.35. The van der Waals surface area contributed by atoms with Gasteiger partial charge in [0.1, 0.15) is 22.7 Å². The third kappa shape index (κ3) is 2.38. The lowest BCUT2D eigenvalue weighted by Crippen LogP contribution is -1.82. The molecule has 3 heteroatoms. The molecule has 7 rings (SSSR count). The minimum absolute atomic E-state index is 0.935. The van der Waals surface area contributed by atoms with E-state index in [9.17, 15) is 0 Å². The molecule has 2 nitrogen and oxygen atoms in total. The Morgan fingerprint density at radius 3 is 1.65 bits per heavy atom. The van der Waals surface area contributed by atoms with Crippen LogP contribution in [-0.2, 0) is 0 Å². The Morgan fingerprint density at radius 2 is 1.06 bits per heavy atom. The Bertz CT molecular complexity index is 1810. The van der Waals surface area contributed by atoms with E-state index in [1.54, 1.807) is 11.3 Å². The molecule has 0 aliphatic heterocycles. The molecule has 0 atom stereocenters. The van der Waals surface area contributed by atoms with Gasteiger partial charge in [-0.2, -0.15) is 0 Å². The SMILES string of the molecule is Cc1csc(-c2cc3c(ccc4c3ccc3c5ccc6oc(C)cc6c5ccc43)o2)c1. The number of hydrogen-bond donors (Lipinski definition) is 0. The van der Waals surface area contributed by atoms with Crippen molar-refractivity contribution in [1.29, 1.82) is 0 Å². The second kappa shape index (κ2) is 5.99. The zero-order valence-corrected chi connectivity index (χ0v) is 18.0. The topological polar surface area (TPSA) is 26.3 Å². The van der Waals surface area contributed by atoms with Crippen LogP contribution in [0.1, 0.15) is 11.3 Å². The van der Waals surface area contributed by atoms with Crippen LogP contribution in [0.25, 0.3) is 64.9 Å². The molecule has 0 spiro atoms. The van der Waals surface area contributed by atoms with Gasteiger partial charge in [0.05, 0.1) is 4.88 Å².